The maximum Gasteiger partial charge on any atom is 0.319 e. The van der Waals surface area contributed by atoms with E-state index in [0.29, 0.717) is 46.2 Å². The Balaban J connectivity index is 1.45. The molecule has 0 aliphatic heterocycles. The number of hydrogen-bond donors (Lipinski definition) is 4. The van der Waals surface area contributed by atoms with E-state index in [2.05, 4.69) is 41.3 Å². The molecular formula is C23H23N9O2. The van der Waals surface area contributed by atoms with Crippen LogP contribution in [0, 0.1) is 6.92 Å². The van der Waals surface area contributed by atoms with E-state index in [1.807, 2.05) is 30.3 Å². The highest BCUT2D eigenvalue weighted by Gasteiger charge is 2.23. The van der Waals surface area contributed by atoms with Crippen molar-refractivity contribution < 1.29 is 9.59 Å². The quantitative estimate of drug-likeness (QED) is 0.348. The highest BCUT2D eigenvalue weighted by molar-refractivity contribution is 5.90. The minimum absolute atomic E-state index is 0.203. The predicted octanol–water partition coefficient (Wildman–Crippen LogP) is 3.48. The van der Waals surface area contributed by atoms with Crippen LogP contribution in [0.2, 0.25) is 0 Å². The third-order valence-electron chi connectivity index (χ3n) is 5.10. The average molecular weight is 457 g/mol. The van der Waals surface area contributed by atoms with Gasteiger partial charge in [0.15, 0.2) is 11.5 Å². The molecule has 4 aromatic rings. The van der Waals surface area contributed by atoms with E-state index in [0.717, 1.165) is 18.5 Å². The van der Waals surface area contributed by atoms with Gasteiger partial charge in [-0.1, -0.05) is 0 Å². The second kappa shape index (κ2) is 8.77. The number of rotatable bonds is 6. The molecule has 1 aliphatic carbocycles. The molecule has 3 aromatic heterocycles. The van der Waals surface area contributed by atoms with E-state index in [4.69, 9.17) is 0 Å². The molecule has 5 rings (SSSR count). The van der Waals surface area contributed by atoms with Crippen LogP contribution in [-0.2, 0) is 4.79 Å². The maximum absolute atomic E-state index is 12.0. The summed E-state index contributed by atoms with van der Waals surface area (Å²) in [5, 5.41) is 16.2. The van der Waals surface area contributed by atoms with Crippen molar-refractivity contribution in [3.05, 3.63) is 54.5 Å². The number of amides is 3. The van der Waals surface area contributed by atoms with Gasteiger partial charge < -0.3 is 21.3 Å². The van der Waals surface area contributed by atoms with Crippen LogP contribution in [-0.4, -0.2) is 42.5 Å². The Bertz CT molecular complexity index is 1380. The Morgan fingerprint density at radius 3 is 2.50 bits per heavy atom. The Morgan fingerprint density at radius 2 is 1.76 bits per heavy atom. The number of fused-ring (bicyclic) bond motifs is 1. The van der Waals surface area contributed by atoms with E-state index < -0.39 is 0 Å². The zero-order valence-electron chi connectivity index (χ0n) is 18.7. The van der Waals surface area contributed by atoms with E-state index in [9.17, 15) is 9.59 Å². The molecule has 34 heavy (non-hydrogen) atoms. The highest BCUT2D eigenvalue weighted by Crippen LogP contribution is 2.31. The van der Waals surface area contributed by atoms with Gasteiger partial charge in [0, 0.05) is 36.6 Å². The zero-order chi connectivity index (χ0) is 23.7. The first-order valence-corrected chi connectivity index (χ1v) is 10.9. The molecule has 0 unspecified atom stereocenters. The van der Waals surface area contributed by atoms with Gasteiger partial charge in [-0.05, 0) is 56.2 Å². The highest BCUT2D eigenvalue weighted by atomic mass is 16.2. The van der Waals surface area contributed by atoms with Crippen molar-refractivity contribution in [2.75, 3.05) is 16.0 Å². The van der Waals surface area contributed by atoms with Crippen molar-refractivity contribution in [1.82, 2.24) is 29.9 Å². The third kappa shape index (κ3) is 4.77. The first-order chi connectivity index (χ1) is 16.4. The Hall–Kier alpha value is -4.54. The third-order valence-corrected chi connectivity index (χ3v) is 5.10. The number of carbonyl (C=O) groups excluding carboxylic acids is 2. The van der Waals surface area contributed by atoms with E-state index >= 15 is 0 Å². The fourth-order valence-corrected chi connectivity index (χ4v) is 3.49. The molecule has 1 aliphatic rings. The summed E-state index contributed by atoms with van der Waals surface area (Å²) in [6, 6.07) is 12.7. The SMILES string of the molecule is CC(=O)Nc1cc(-c2c(Nc3ccc(NC(=O)NC4CC4)cc3)nc3cccnn23)nc(C)n1. The van der Waals surface area contributed by atoms with Gasteiger partial charge in [-0.15, -0.1) is 0 Å². The molecule has 3 amide bonds. The van der Waals surface area contributed by atoms with Crippen molar-refractivity contribution >= 4 is 40.6 Å². The minimum Gasteiger partial charge on any atom is -0.338 e. The predicted molar refractivity (Wildman–Crippen MR) is 128 cm³/mol. The normalized spacial score (nSPS) is 12.9. The molecule has 0 spiro atoms. The zero-order valence-corrected chi connectivity index (χ0v) is 18.7. The van der Waals surface area contributed by atoms with Crippen LogP contribution in [0.25, 0.3) is 17.0 Å². The molecule has 3 heterocycles. The Kier molecular flexibility index (Phi) is 5.50. The van der Waals surface area contributed by atoms with Gasteiger partial charge >= 0.3 is 6.03 Å². The van der Waals surface area contributed by atoms with Gasteiger partial charge in [0.2, 0.25) is 5.91 Å². The van der Waals surface area contributed by atoms with Gasteiger partial charge in [0.25, 0.3) is 0 Å². The molecule has 11 nitrogen and oxygen atoms in total. The molecule has 1 aromatic carbocycles. The average Bonchev–Trinajstić information content (AvgIpc) is 3.51. The molecule has 0 radical (unpaired) electrons. The Labute approximate surface area is 195 Å². The van der Waals surface area contributed by atoms with Gasteiger partial charge in [-0.2, -0.15) is 5.10 Å². The van der Waals surface area contributed by atoms with Crippen molar-refractivity contribution in [2.24, 2.45) is 0 Å². The second-order valence-electron chi connectivity index (χ2n) is 8.04. The molecule has 0 atom stereocenters. The Morgan fingerprint density at radius 1 is 1.00 bits per heavy atom. The van der Waals surface area contributed by atoms with Crippen LogP contribution in [0.4, 0.5) is 27.8 Å². The number of aromatic nitrogens is 5. The summed E-state index contributed by atoms with van der Waals surface area (Å²) in [6.07, 6.45) is 3.73. The molecule has 0 saturated heterocycles. The summed E-state index contributed by atoms with van der Waals surface area (Å²) in [7, 11) is 0. The largest absolute Gasteiger partial charge is 0.338 e. The summed E-state index contributed by atoms with van der Waals surface area (Å²) >= 11 is 0. The lowest BCUT2D eigenvalue weighted by Gasteiger charge is -2.10. The molecule has 1 fully saturated rings. The summed E-state index contributed by atoms with van der Waals surface area (Å²) in [5.74, 6) is 1.21. The van der Waals surface area contributed by atoms with E-state index in [1.54, 1.807) is 29.8 Å². The standard InChI is InChI=1S/C23H23N9O2/c1-13-25-18(12-19(26-13)27-14(2)33)21-22(31-20-4-3-11-24-32(20)21)28-15-5-7-16(8-6-15)29-23(34)30-17-9-10-17/h3-8,11-12,17,28H,9-10H2,1-2H3,(H2,29,30,34)(H,25,26,27,33). The molecule has 4 N–H and O–H groups in total. The molecular weight excluding hydrogens is 434 g/mol. The fraction of sp³-hybridized carbons (Fsp3) is 0.217. The number of aryl methyl sites for hydroxylation is 1. The van der Waals surface area contributed by atoms with Gasteiger partial charge in [-0.3, -0.25) is 4.79 Å². The summed E-state index contributed by atoms with van der Waals surface area (Å²) in [4.78, 5) is 37.0. The van der Waals surface area contributed by atoms with Crippen molar-refractivity contribution in [1.29, 1.82) is 0 Å². The summed E-state index contributed by atoms with van der Waals surface area (Å²) in [6.45, 7) is 3.18. The van der Waals surface area contributed by atoms with E-state index in [-0.39, 0.29) is 11.9 Å². The molecule has 11 heteroatoms. The van der Waals surface area contributed by atoms with Gasteiger partial charge in [0.05, 0.1) is 5.69 Å². The topological polar surface area (TPSA) is 138 Å². The van der Waals surface area contributed by atoms with Crippen LogP contribution in [0.1, 0.15) is 25.6 Å². The first-order valence-electron chi connectivity index (χ1n) is 10.9. The molecule has 0 bridgehead atoms. The van der Waals surface area contributed by atoms with Gasteiger partial charge in [0.1, 0.15) is 17.3 Å². The fourth-order valence-electron chi connectivity index (χ4n) is 3.49. The van der Waals surface area contributed by atoms with Crippen LogP contribution in [0.15, 0.2) is 48.7 Å². The minimum atomic E-state index is -0.224. The first kappa shape index (κ1) is 21.3. The maximum atomic E-state index is 12.0. The van der Waals surface area contributed by atoms with E-state index in [1.165, 1.54) is 6.92 Å². The molecule has 1 saturated carbocycles. The smallest absolute Gasteiger partial charge is 0.319 e. The number of hydrogen-bond acceptors (Lipinski definition) is 7. The monoisotopic (exact) mass is 457 g/mol. The second-order valence-corrected chi connectivity index (χ2v) is 8.04. The number of carbonyl (C=O) groups is 2. The lowest BCUT2D eigenvalue weighted by Crippen LogP contribution is -2.30. The summed E-state index contributed by atoms with van der Waals surface area (Å²) in [5.41, 5.74) is 3.27. The number of anilines is 4. The van der Waals surface area contributed by atoms with Crippen LogP contribution >= 0.6 is 0 Å². The number of nitrogens with zero attached hydrogens (tertiary/aromatic N) is 5. The van der Waals surface area contributed by atoms with Crippen LogP contribution in [0.5, 0.6) is 0 Å². The summed E-state index contributed by atoms with van der Waals surface area (Å²) < 4.78 is 1.68. The van der Waals surface area contributed by atoms with Gasteiger partial charge in [-0.25, -0.2) is 24.3 Å². The lowest BCUT2D eigenvalue weighted by atomic mass is 10.2. The number of urea groups is 1. The number of nitrogens with one attached hydrogen (secondary N) is 4. The number of imidazole rings is 1. The van der Waals surface area contributed by atoms with Crippen molar-refractivity contribution in [2.45, 2.75) is 32.7 Å². The lowest BCUT2D eigenvalue weighted by molar-refractivity contribution is -0.114. The van der Waals surface area contributed by atoms with Crippen molar-refractivity contribution in [3.8, 4) is 11.4 Å². The van der Waals surface area contributed by atoms with Crippen molar-refractivity contribution in [3.63, 3.8) is 0 Å². The number of benzene rings is 1. The van der Waals surface area contributed by atoms with Crippen LogP contribution < -0.4 is 21.3 Å². The molecule has 172 valence electrons. The van der Waals surface area contributed by atoms with Crippen LogP contribution in [0.3, 0.4) is 0 Å².